The highest BCUT2D eigenvalue weighted by molar-refractivity contribution is 6.46. The van der Waals surface area contributed by atoms with Gasteiger partial charge in [-0.15, -0.1) is 0 Å². The summed E-state index contributed by atoms with van der Waals surface area (Å²) in [5, 5.41) is 11.2. The van der Waals surface area contributed by atoms with Crippen molar-refractivity contribution < 1.29 is 23.8 Å². The molecule has 2 aromatic rings. The molecule has 34 heavy (non-hydrogen) atoms. The van der Waals surface area contributed by atoms with Gasteiger partial charge in [0.25, 0.3) is 11.7 Å². The molecule has 1 fully saturated rings. The number of Topliss-reactive ketones (excluding diaryl/α,β-unsaturated/α-hetero) is 1. The lowest BCUT2D eigenvalue weighted by atomic mass is 9.94. The maximum atomic E-state index is 14.9. The molecule has 1 N–H and O–H groups in total. The average Bonchev–Trinajstić information content (AvgIpc) is 3.08. The number of benzene rings is 2. The Hall–Kier alpha value is -3.19. The molecule has 7 heteroatoms. The summed E-state index contributed by atoms with van der Waals surface area (Å²) in [4.78, 5) is 29.7. The van der Waals surface area contributed by atoms with E-state index in [4.69, 9.17) is 4.74 Å². The molecular weight excluding hydrogens is 435 g/mol. The van der Waals surface area contributed by atoms with Crippen molar-refractivity contribution >= 4 is 17.4 Å². The molecule has 1 amide bonds. The van der Waals surface area contributed by atoms with Crippen molar-refractivity contribution in [1.82, 2.24) is 9.80 Å². The van der Waals surface area contributed by atoms with E-state index in [1.807, 2.05) is 27.7 Å². The Morgan fingerprint density at radius 2 is 1.82 bits per heavy atom. The van der Waals surface area contributed by atoms with Gasteiger partial charge in [-0.05, 0) is 56.3 Å². The van der Waals surface area contributed by atoms with Crippen LogP contribution < -0.4 is 4.74 Å². The third kappa shape index (κ3) is 5.14. The van der Waals surface area contributed by atoms with Crippen molar-refractivity contribution in [3.8, 4) is 5.75 Å². The van der Waals surface area contributed by atoms with Gasteiger partial charge in [0.2, 0.25) is 0 Å². The SMILES string of the molecule is CCCOc1ccc(C(O)=C2C(=O)C(=O)N(CCN(CC)CC)[C@H]2c2ccccc2F)cc1C. The van der Waals surface area contributed by atoms with E-state index in [1.54, 1.807) is 36.4 Å². The summed E-state index contributed by atoms with van der Waals surface area (Å²) in [6, 6.07) is 10.1. The minimum Gasteiger partial charge on any atom is -0.507 e. The predicted octanol–water partition coefficient (Wildman–Crippen LogP) is 4.69. The van der Waals surface area contributed by atoms with Gasteiger partial charge in [0.15, 0.2) is 0 Å². The van der Waals surface area contributed by atoms with Gasteiger partial charge in [-0.2, -0.15) is 0 Å². The van der Waals surface area contributed by atoms with Gasteiger partial charge in [0.1, 0.15) is 17.3 Å². The van der Waals surface area contributed by atoms with Crippen LogP contribution in [-0.4, -0.2) is 59.4 Å². The lowest BCUT2D eigenvalue weighted by molar-refractivity contribution is -0.140. The van der Waals surface area contributed by atoms with E-state index < -0.39 is 23.5 Å². The first-order valence-corrected chi connectivity index (χ1v) is 11.8. The Morgan fingerprint density at radius 1 is 1.12 bits per heavy atom. The highest BCUT2D eigenvalue weighted by Crippen LogP contribution is 2.40. The van der Waals surface area contributed by atoms with E-state index in [0.29, 0.717) is 24.5 Å². The zero-order valence-electron chi connectivity index (χ0n) is 20.3. The number of likely N-dealkylation sites (tertiary alicyclic amines) is 1. The molecular formula is C27H33FN2O4. The quantitative estimate of drug-likeness (QED) is 0.311. The molecule has 0 saturated carbocycles. The molecule has 1 heterocycles. The van der Waals surface area contributed by atoms with E-state index in [9.17, 15) is 19.1 Å². The molecule has 2 aromatic carbocycles. The summed E-state index contributed by atoms with van der Waals surface area (Å²) in [7, 11) is 0. The Kier molecular flexibility index (Phi) is 8.45. The second-order valence-corrected chi connectivity index (χ2v) is 8.37. The first-order chi connectivity index (χ1) is 16.3. The van der Waals surface area contributed by atoms with Crippen LogP contribution in [0.25, 0.3) is 5.76 Å². The van der Waals surface area contributed by atoms with Gasteiger partial charge in [-0.3, -0.25) is 9.59 Å². The fourth-order valence-corrected chi connectivity index (χ4v) is 4.25. The molecule has 1 aliphatic heterocycles. The first kappa shape index (κ1) is 25.4. The number of aliphatic hydroxyl groups excluding tert-OH is 1. The van der Waals surface area contributed by atoms with Crippen LogP contribution in [-0.2, 0) is 9.59 Å². The molecule has 0 radical (unpaired) electrons. The van der Waals surface area contributed by atoms with E-state index in [0.717, 1.165) is 25.1 Å². The number of ketones is 1. The number of rotatable bonds is 10. The van der Waals surface area contributed by atoms with Gasteiger partial charge in [0, 0.05) is 24.2 Å². The van der Waals surface area contributed by atoms with Crippen LogP contribution in [0.4, 0.5) is 4.39 Å². The predicted molar refractivity (Wildman–Crippen MR) is 130 cm³/mol. The van der Waals surface area contributed by atoms with Crippen molar-refractivity contribution in [2.75, 3.05) is 32.8 Å². The van der Waals surface area contributed by atoms with E-state index in [2.05, 4.69) is 4.90 Å². The standard InChI is InChI=1S/C27H33FN2O4/c1-5-16-34-22-13-12-19(17-18(22)4)25(31)23-24(20-10-8-9-11-21(20)28)30(27(33)26(23)32)15-14-29(6-2)7-3/h8-13,17,24,31H,5-7,14-16H2,1-4H3/t24-/m0/s1. The molecule has 1 aliphatic rings. The lowest BCUT2D eigenvalue weighted by Crippen LogP contribution is -2.38. The van der Waals surface area contributed by atoms with Crippen LogP contribution in [0.15, 0.2) is 48.0 Å². The van der Waals surface area contributed by atoms with Crippen LogP contribution in [0.5, 0.6) is 5.75 Å². The average molecular weight is 469 g/mol. The number of ether oxygens (including phenoxy) is 1. The van der Waals surface area contributed by atoms with E-state index in [1.165, 1.54) is 11.0 Å². The van der Waals surface area contributed by atoms with Crippen molar-refractivity contribution in [1.29, 1.82) is 0 Å². The van der Waals surface area contributed by atoms with Crippen LogP contribution in [0.1, 0.15) is 49.9 Å². The summed E-state index contributed by atoms with van der Waals surface area (Å²) in [6.07, 6.45) is 0.862. The highest BCUT2D eigenvalue weighted by Gasteiger charge is 2.46. The number of nitrogens with zero attached hydrogens (tertiary/aromatic N) is 2. The Labute approximate surface area is 200 Å². The minimum absolute atomic E-state index is 0.101. The number of carbonyl (C=O) groups is 2. The number of hydrogen-bond acceptors (Lipinski definition) is 5. The minimum atomic E-state index is -1.01. The largest absolute Gasteiger partial charge is 0.507 e. The van der Waals surface area contributed by atoms with Crippen LogP contribution >= 0.6 is 0 Å². The number of aliphatic hydroxyl groups is 1. The van der Waals surface area contributed by atoms with Gasteiger partial charge in [0.05, 0.1) is 18.2 Å². The second-order valence-electron chi connectivity index (χ2n) is 8.37. The van der Waals surface area contributed by atoms with Crippen LogP contribution in [0.2, 0.25) is 0 Å². The monoisotopic (exact) mass is 468 g/mol. The van der Waals surface area contributed by atoms with Crippen molar-refractivity contribution in [2.45, 2.75) is 40.2 Å². The fraction of sp³-hybridized carbons (Fsp3) is 0.407. The van der Waals surface area contributed by atoms with Gasteiger partial charge in [-0.1, -0.05) is 39.0 Å². The molecule has 3 rings (SSSR count). The third-order valence-corrected chi connectivity index (χ3v) is 6.20. The van der Waals surface area contributed by atoms with E-state index >= 15 is 0 Å². The first-order valence-electron chi connectivity index (χ1n) is 11.8. The van der Waals surface area contributed by atoms with Crippen molar-refractivity contribution in [3.05, 3.63) is 70.5 Å². The zero-order valence-corrected chi connectivity index (χ0v) is 20.3. The van der Waals surface area contributed by atoms with Crippen molar-refractivity contribution in [2.24, 2.45) is 0 Å². The molecule has 1 saturated heterocycles. The number of amides is 1. The van der Waals surface area contributed by atoms with Gasteiger partial charge < -0.3 is 19.6 Å². The number of aryl methyl sites for hydroxylation is 1. The summed E-state index contributed by atoms with van der Waals surface area (Å²) in [5.74, 6) is -1.71. The van der Waals surface area contributed by atoms with Crippen LogP contribution in [0.3, 0.4) is 0 Å². The molecule has 0 aliphatic carbocycles. The Morgan fingerprint density at radius 3 is 2.44 bits per heavy atom. The van der Waals surface area contributed by atoms with Gasteiger partial charge >= 0.3 is 0 Å². The number of carbonyl (C=O) groups excluding carboxylic acids is 2. The van der Waals surface area contributed by atoms with E-state index in [-0.39, 0.29) is 23.4 Å². The Bertz CT molecular complexity index is 1080. The molecule has 0 bridgehead atoms. The molecule has 182 valence electrons. The fourth-order valence-electron chi connectivity index (χ4n) is 4.25. The summed E-state index contributed by atoms with van der Waals surface area (Å²) in [5.41, 5.74) is 1.25. The lowest BCUT2D eigenvalue weighted by Gasteiger charge is -2.28. The molecule has 0 aromatic heterocycles. The van der Waals surface area contributed by atoms with Crippen LogP contribution in [0, 0.1) is 12.7 Å². The zero-order chi connectivity index (χ0) is 24.8. The smallest absolute Gasteiger partial charge is 0.295 e. The maximum absolute atomic E-state index is 14.9. The third-order valence-electron chi connectivity index (χ3n) is 6.20. The number of likely N-dealkylation sites (N-methyl/N-ethyl adjacent to an activating group) is 1. The molecule has 0 unspecified atom stereocenters. The second kappa shape index (κ2) is 11.3. The maximum Gasteiger partial charge on any atom is 0.295 e. The topological polar surface area (TPSA) is 70.1 Å². The molecule has 0 spiro atoms. The summed E-state index contributed by atoms with van der Waals surface area (Å²) >= 11 is 0. The Balaban J connectivity index is 2.09. The number of halogens is 1. The molecule has 6 nitrogen and oxygen atoms in total. The van der Waals surface area contributed by atoms with Crippen molar-refractivity contribution in [3.63, 3.8) is 0 Å². The molecule has 1 atom stereocenters. The summed E-state index contributed by atoms with van der Waals surface area (Å²) in [6.45, 7) is 10.8. The normalized spacial score (nSPS) is 17.6. The highest BCUT2D eigenvalue weighted by atomic mass is 19.1. The number of hydrogen-bond donors (Lipinski definition) is 1. The van der Waals surface area contributed by atoms with Gasteiger partial charge in [-0.25, -0.2) is 4.39 Å². The summed E-state index contributed by atoms with van der Waals surface area (Å²) < 4.78 is 20.6.